The van der Waals surface area contributed by atoms with Gasteiger partial charge in [-0.05, 0) is 24.3 Å². The summed E-state index contributed by atoms with van der Waals surface area (Å²) in [5.41, 5.74) is -1.34. The van der Waals surface area contributed by atoms with Gasteiger partial charge in [0.1, 0.15) is 16.7 Å². The highest BCUT2D eigenvalue weighted by atomic mass is 35.5. The van der Waals surface area contributed by atoms with Crippen LogP contribution in [0.3, 0.4) is 0 Å². The maximum Gasteiger partial charge on any atom is 0.434 e. The number of methoxy groups -OCH3 is 2. The molecule has 0 saturated carbocycles. The van der Waals surface area contributed by atoms with Crippen LogP contribution in [0.15, 0.2) is 42.6 Å². The minimum atomic E-state index is -4.86. The molecule has 1 aromatic carbocycles. The monoisotopic (exact) mass is 440 g/mol. The summed E-state index contributed by atoms with van der Waals surface area (Å²) in [6, 6.07) is 9.04. The number of benzene rings is 1. The number of nitrogens with one attached hydrogen (secondary N) is 1. The smallest absolute Gasteiger partial charge is 0.434 e. The molecule has 0 radical (unpaired) electrons. The molecule has 0 aliphatic rings. The summed E-state index contributed by atoms with van der Waals surface area (Å²) in [6.45, 7) is -0.0656. The summed E-state index contributed by atoms with van der Waals surface area (Å²) in [7, 11) is 2.92. The van der Waals surface area contributed by atoms with Crippen molar-refractivity contribution in [3.05, 3.63) is 64.6 Å². The van der Waals surface area contributed by atoms with Gasteiger partial charge in [-0.3, -0.25) is 4.79 Å². The van der Waals surface area contributed by atoms with Crippen molar-refractivity contribution in [2.75, 3.05) is 14.2 Å². The summed E-state index contributed by atoms with van der Waals surface area (Å²) in [5, 5.41) is 6.15. The first-order valence-electron chi connectivity index (χ1n) is 8.52. The van der Waals surface area contributed by atoms with Gasteiger partial charge in [0.25, 0.3) is 5.91 Å². The van der Waals surface area contributed by atoms with Crippen LogP contribution in [-0.4, -0.2) is 34.9 Å². The predicted molar refractivity (Wildman–Crippen MR) is 102 cm³/mol. The number of hydrogen-bond donors (Lipinski definition) is 1. The minimum absolute atomic E-state index is 0.00581. The molecule has 0 atom stereocenters. The van der Waals surface area contributed by atoms with Crippen LogP contribution in [0.1, 0.15) is 21.6 Å². The second kappa shape index (κ2) is 8.62. The van der Waals surface area contributed by atoms with Crippen molar-refractivity contribution in [3.8, 4) is 17.3 Å². The average molecular weight is 441 g/mol. The van der Waals surface area contributed by atoms with Crippen LogP contribution >= 0.6 is 11.6 Å². The Morgan fingerprint density at radius 1 is 1.20 bits per heavy atom. The van der Waals surface area contributed by atoms with Gasteiger partial charge < -0.3 is 14.8 Å². The number of carbonyl (C=O) groups excluding carboxylic acids is 1. The van der Waals surface area contributed by atoms with E-state index in [0.29, 0.717) is 21.7 Å². The SMILES string of the molecule is COc1ccc(CNC(=O)c2cnn(-c3cccc(Cl)n3)c2C(F)(F)F)c(OC)c1. The largest absolute Gasteiger partial charge is 0.497 e. The highest BCUT2D eigenvalue weighted by Crippen LogP contribution is 2.33. The third-order valence-corrected chi connectivity index (χ3v) is 4.34. The van der Waals surface area contributed by atoms with E-state index < -0.39 is 23.3 Å². The Morgan fingerprint density at radius 3 is 2.60 bits per heavy atom. The topological polar surface area (TPSA) is 78.3 Å². The fourth-order valence-corrected chi connectivity index (χ4v) is 2.90. The minimum Gasteiger partial charge on any atom is -0.497 e. The molecule has 0 fully saturated rings. The Morgan fingerprint density at radius 2 is 1.97 bits per heavy atom. The molecule has 7 nitrogen and oxygen atoms in total. The normalized spacial score (nSPS) is 11.3. The molecule has 30 heavy (non-hydrogen) atoms. The van der Waals surface area contributed by atoms with Crippen LogP contribution in [-0.2, 0) is 12.7 Å². The molecule has 2 heterocycles. The zero-order valence-electron chi connectivity index (χ0n) is 15.8. The first-order chi connectivity index (χ1) is 14.2. The van der Waals surface area contributed by atoms with E-state index in [4.69, 9.17) is 21.1 Å². The summed E-state index contributed by atoms with van der Waals surface area (Å²) < 4.78 is 52.0. The van der Waals surface area contributed by atoms with E-state index in [1.165, 1.54) is 32.4 Å². The molecule has 3 aromatic rings. The second-order valence-electron chi connectivity index (χ2n) is 6.00. The lowest BCUT2D eigenvalue weighted by Gasteiger charge is -2.13. The number of pyridine rings is 1. The van der Waals surface area contributed by atoms with Gasteiger partial charge in [-0.1, -0.05) is 17.7 Å². The Bertz CT molecular complexity index is 1070. The molecule has 0 spiro atoms. The van der Waals surface area contributed by atoms with Crippen molar-refractivity contribution in [3.63, 3.8) is 0 Å². The van der Waals surface area contributed by atoms with Gasteiger partial charge >= 0.3 is 6.18 Å². The Hall–Kier alpha value is -3.27. The number of rotatable bonds is 6. The lowest BCUT2D eigenvalue weighted by atomic mass is 10.1. The molecule has 0 aliphatic heterocycles. The van der Waals surface area contributed by atoms with Crippen LogP contribution in [0, 0.1) is 0 Å². The fourth-order valence-electron chi connectivity index (χ4n) is 2.75. The maximum atomic E-state index is 13.7. The molecule has 3 rings (SSSR count). The van der Waals surface area contributed by atoms with Gasteiger partial charge in [0.05, 0.1) is 26.0 Å². The number of amides is 1. The number of alkyl halides is 3. The van der Waals surface area contributed by atoms with Crippen molar-refractivity contribution in [1.29, 1.82) is 0 Å². The number of carbonyl (C=O) groups is 1. The van der Waals surface area contributed by atoms with E-state index in [0.717, 1.165) is 6.20 Å². The van der Waals surface area contributed by atoms with Gasteiger partial charge in [0.15, 0.2) is 11.5 Å². The Balaban J connectivity index is 1.90. The Kier molecular flexibility index (Phi) is 6.16. The van der Waals surface area contributed by atoms with Crippen LogP contribution in [0.25, 0.3) is 5.82 Å². The van der Waals surface area contributed by atoms with Crippen LogP contribution < -0.4 is 14.8 Å². The van der Waals surface area contributed by atoms with Crippen molar-refractivity contribution >= 4 is 17.5 Å². The molecule has 1 amide bonds. The molecule has 2 aromatic heterocycles. The number of ether oxygens (including phenoxy) is 2. The molecule has 0 unspecified atom stereocenters. The van der Waals surface area contributed by atoms with Gasteiger partial charge in [0, 0.05) is 18.2 Å². The van der Waals surface area contributed by atoms with Gasteiger partial charge in [-0.25, -0.2) is 9.67 Å². The van der Waals surface area contributed by atoms with Crippen LogP contribution in [0.5, 0.6) is 11.5 Å². The molecular formula is C19H16ClF3N4O3. The molecular weight excluding hydrogens is 425 g/mol. The first kappa shape index (κ1) is 21.4. The second-order valence-corrected chi connectivity index (χ2v) is 6.38. The number of nitrogens with zero attached hydrogens (tertiary/aromatic N) is 3. The van der Waals surface area contributed by atoms with E-state index in [9.17, 15) is 18.0 Å². The van der Waals surface area contributed by atoms with Gasteiger partial charge in [0.2, 0.25) is 0 Å². The third-order valence-electron chi connectivity index (χ3n) is 4.13. The van der Waals surface area contributed by atoms with E-state index in [1.807, 2.05) is 0 Å². The lowest BCUT2D eigenvalue weighted by Crippen LogP contribution is -2.26. The Labute approximate surface area is 174 Å². The predicted octanol–water partition coefficient (Wildman–Crippen LogP) is 3.89. The first-order valence-corrected chi connectivity index (χ1v) is 8.89. The van der Waals surface area contributed by atoms with E-state index in [-0.39, 0.29) is 17.5 Å². The number of halogens is 4. The van der Waals surface area contributed by atoms with E-state index >= 15 is 0 Å². The summed E-state index contributed by atoms with van der Waals surface area (Å²) in [5.74, 6) is -0.153. The molecule has 1 N–H and O–H groups in total. The molecule has 158 valence electrons. The van der Waals surface area contributed by atoms with Crippen LogP contribution in [0.4, 0.5) is 13.2 Å². The zero-order chi connectivity index (χ0) is 21.9. The van der Waals surface area contributed by atoms with Crippen molar-refractivity contribution in [2.24, 2.45) is 0 Å². The number of hydrogen-bond acceptors (Lipinski definition) is 5. The van der Waals surface area contributed by atoms with Crippen molar-refractivity contribution < 1.29 is 27.4 Å². The van der Waals surface area contributed by atoms with Gasteiger partial charge in [-0.15, -0.1) is 0 Å². The highest BCUT2D eigenvalue weighted by Gasteiger charge is 2.40. The summed E-state index contributed by atoms with van der Waals surface area (Å²) in [4.78, 5) is 16.4. The van der Waals surface area contributed by atoms with Crippen molar-refractivity contribution in [2.45, 2.75) is 12.7 Å². The quantitative estimate of drug-likeness (QED) is 0.588. The lowest BCUT2D eigenvalue weighted by molar-refractivity contribution is -0.143. The van der Waals surface area contributed by atoms with E-state index in [1.54, 1.807) is 18.2 Å². The standard InChI is InChI=1S/C19H16ClF3N4O3/c1-29-12-7-6-11(14(8-12)30-2)9-24-18(28)13-10-25-27(17(13)19(21,22)23)16-5-3-4-15(20)26-16/h3-8,10H,9H2,1-2H3,(H,24,28). The maximum absolute atomic E-state index is 13.7. The number of aromatic nitrogens is 3. The van der Waals surface area contributed by atoms with Crippen LogP contribution in [0.2, 0.25) is 5.15 Å². The fraction of sp³-hybridized carbons (Fsp3) is 0.211. The highest BCUT2D eigenvalue weighted by molar-refractivity contribution is 6.29. The third kappa shape index (κ3) is 4.48. The summed E-state index contributed by atoms with van der Waals surface area (Å²) in [6.07, 6.45) is -4.02. The molecule has 0 bridgehead atoms. The van der Waals surface area contributed by atoms with Crippen molar-refractivity contribution in [1.82, 2.24) is 20.1 Å². The summed E-state index contributed by atoms with van der Waals surface area (Å²) >= 11 is 5.76. The molecule has 0 aliphatic carbocycles. The van der Waals surface area contributed by atoms with Gasteiger partial charge in [-0.2, -0.15) is 18.3 Å². The van der Waals surface area contributed by atoms with E-state index in [2.05, 4.69) is 15.4 Å². The molecule has 11 heteroatoms. The molecule has 0 saturated heterocycles. The zero-order valence-corrected chi connectivity index (χ0v) is 16.6. The average Bonchev–Trinajstić information content (AvgIpc) is 3.18.